The van der Waals surface area contributed by atoms with Crippen LogP contribution in [0.4, 0.5) is 10.5 Å². The molecule has 29 heavy (non-hydrogen) atoms. The molecular formula is C22H26N3O4+. The van der Waals surface area contributed by atoms with Crippen LogP contribution >= 0.6 is 0 Å². The summed E-state index contributed by atoms with van der Waals surface area (Å²) in [6.07, 6.45) is 0.500. The third kappa shape index (κ3) is 5.00. The molecule has 0 saturated heterocycles. The van der Waals surface area contributed by atoms with Crippen molar-refractivity contribution in [2.75, 3.05) is 19.0 Å². The number of quaternary nitrogens is 1. The molecule has 0 aromatic heterocycles. The topological polar surface area (TPSA) is 88.9 Å². The highest BCUT2D eigenvalue weighted by Gasteiger charge is 2.37. The van der Waals surface area contributed by atoms with Gasteiger partial charge in [-0.3, -0.25) is 10.1 Å². The maximum atomic E-state index is 12.5. The molecule has 0 saturated carbocycles. The Hall–Kier alpha value is -3.19. The van der Waals surface area contributed by atoms with Crippen LogP contribution in [0.5, 0.6) is 0 Å². The normalized spacial score (nSPS) is 17.8. The van der Waals surface area contributed by atoms with Gasteiger partial charge in [0.05, 0.1) is 7.11 Å². The highest BCUT2D eigenvalue weighted by atomic mass is 16.5. The van der Waals surface area contributed by atoms with Crippen LogP contribution in [0.3, 0.4) is 0 Å². The lowest BCUT2D eigenvalue weighted by Gasteiger charge is -2.31. The summed E-state index contributed by atoms with van der Waals surface area (Å²) < 4.78 is 4.93. The van der Waals surface area contributed by atoms with Crippen LogP contribution in [-0.4, -0.2) is 37.6 Å². The van der Waals surface area contributed by atoms with Crippen molar-refractivity contribution in [3.63, 3.8) is 0 Å². The first kappa shape index (κ1) is 20.5. The summed E-state index contributed by atoms with van der Waals surface area (Å²) in [5, 5.41) is 5.02. The van der Waals surface area contributed by atoms with Crippen molar-refractivity contribution in [2.24, 2.45) is 0 Å². The molecule has 7 nitrogen and oxygen atoms in total. The SMILES string of the molecule is COC(=O)[C@@H]1Cc2ccccc2C[NH+]1CC(=O)NC(=O)Nc1ccc(C)c(C)c1. The van der Waals surface area contributed by atoms with Gasteiger partial charge in [0, 0.05) is 17.7 Å². The maximum absolute atomic E-state index is 12.5. The lowest BCUT2D eigenvalue weighted by Crippen LogP contribution is -3.17. The van der Waals surface area contributed by atoms with Gasteiger partial charge in [-0.25, -0.2) is 9.59 Å². The van der Waals surface area contributed by atoms with Crippen molar-refractivity contribution < 1.29 is 24.0 Å². The molecule has 0 fully saturated rings. The van der Waals surface area contributed by atoms with E-state index in [1.54, 1.807) is 6.07 Å². The molecule has 7 heteroatoms. The van der Waals surface area contributed by atoms with Gasteiger partial charge in [-0.05, 0) is 42.7 Å². The molecule has 0 spiro atoms. The second-order valence-corrected chi connectivity index (χ2v) is 7.36. The van der Waals surface area contributed by atoms with Crippen LogP contribution in [0, 0.1) is 13.8 Å². The summed E-state index contributed by atoms with van der Waals surface area (Å²) in [4.78, 5) is 37.6. The van der Waals surface area contributed by atoms with E-state index in [1.165, 1.54) is 7.11 Å². The molecule has 2 atom stereocenters. The van der Waals surface area contributed by atoms with Crippen LogP contribution in [0.2, 0.25) is 0 Å². The van der Waals surface area contributed by atoms with Crippen molar-refractivity contribution in [3.05, 3.63) is 64.7 Å². The number of urea groups is 1. The third-order valence-electron chi connectivity index (χ3n) is 5.34. The predicted molar refractivity (Wildman–Crippen MR) is 109 cm³/mol. The zero-order chi connectivity index (χ0) is 21.0. The van der Waals surface area contributed by atoms with E-state index in [9.17, 15) is 14.4 Å². The number of aryl methyl sites for hydroxylation is 2. The summed E-state index contributed by atoms with van der Waals surface area (Å²) in [5.41, 5.74) is 4.96. The van der Waals surface area contributed by atoms with E-state index >= 15 is 0 Å². The van der Waals surface area contributed by atoms with Gasteiger partial charge in [0.15, 0.2) is 12.6 Å². The van der Waals surface area contributed by atoms with Gasteiger partial charge < -0.3 is 15.0 Å². The lowest BCUT2D eigenvalue weighted by molar-refractivity contribution is -0.924. The van der Waals surface area contributed by atoms with Crippen LogP contribution in [0.1, 0.15) is 22.3 Å². The fraction of sp³-hybridized carbons (Fsp3) is 0.318. The molecule has 2 aromatic carbocycles. The quantitative estimate of drug-likeness (QED) is 0.676. The molecule has 2 aromatic rings. The van der Waals surface area contributed by atoms with Crippen molar-refractivity contribution in [2.45, 2.75) is 32.9 Å². The third-order valence-corrected chi connectivity index (χ3v) is 5.34. The molecule has 0 radical (unpaired) electrons. The van der Waals surface area contributed by atoms with Gasteiger partial charge in [0.25, 0.3) is 5.91 Å². The number of anilines is 1. The van der Waals surface area contributed by atoms with Gasteiger partial charge in [-0.2, -0.15) is 0 Å². The van der Waals surface area contributed by atoms with Crippen molar-refractivity contribution in [3.8, 4) is 0 Å². The summed E-state index contributed by atoms with van der Waals surface area (Å²) >= 11 is 0. The molecule has 3 N–H and O–H groups in total. The highest BCUT2D eigenvalue weighted by molar-refractivity contribution is 6.01. The number of carbonyl (C=O) groups excluding carboxylic acids is 3. The Morgan fingerprint density at radius 1 is 1.07 bits per heavy atom. The molecule has 3 rings (SSSR count). The maximum Gasteiger partial charge on any atom is 0.365 e. The zero-order valence-corrected chi connectivity index (χ0v) is 16.9. The summed E-state index contributed by atoms with van der Waals surface area (Å²) in [7, 11) is 1.34. The number of rotatable bonds is 4. The minimum Gasteiger partial charge on any atom is -0.465 e. The van der Waals surface area contributed by atoms with Gasteiger partial charge in [-0.15, -0.1) is 0 Å². The van der Waals surface area contributed by atoms with E-state index in [-0.39, 0.29) is 12.5 Å². The van der Waals surface area contributed by atoms with Crippen molar-refractivity contribution in [1.82, 2.24) is 5.32 Å². The number of hydrogen-bond donors (Lipinski definition) is 3. The Balaban J connectivity index is 1.64. The van der Waals surface area contributed by atoms with E-state index in [0.717, 1.165) is 27.2 Å². The number of carbonyl (C=O) groups is 3. The van der Waals surface area contributed by atoms with Crippen molar-refractivity contribution >= 4 is 23.6 Å². The Bertz CT molecular complexity index is 941. The smallest absolute Gasteiger partial charge is 0.365 e. The number of benzene rings is 2. The molecule has 3 amide bonds. The number of hydrogen-bond acceptors (Lipinski definition) is 4. The fourth-order valence-electron chi connectivity index (χ4n) is 3.60. The Morgan fingerprint density at radius 3 is 2.48 bits per heavy atom. The first-order valence-electron chi connectivity index (χ1n) is 9.54. The van der Waals surface area contributed by atoms with E-state index in [1.807, 2.05) is 50.2 Å². The monoisotopic (exact) mass is 396 g/mol. The Kier molecular flexibility index (Phi) is 6.29. The average Bonchev–Trinajstić information content (AvgIpc) is 2.69. The van der Waals surface area contributed by atoms with Gasteiger partial charge in [-0.1, -0.05) is 30.3 Å². The number of esters is 1. The Labute approximate surface area is 170 Å². The van der Waals surface area contributed by atoms with Crippen LogP contribution in [-0.2, 0) is 27.3 Å². The number of amides is 3. The first-order chi connectivity index (χ1) is 13.9. The number of methoxy groups -OCH3 is 1. The molecular weight excluding hydrogens is 370 g/mol. The fourth-order valence-corrected chi connectivity index (χ4v) is 3.60. The summed E-state index contributed by atoms with van der Waals surface area (Å²) in [5.74, 6) is -0.809. The molecule has 0 aliphatic carbocycles. The van der Waals surface area contributed by atoms with E-state index in [4.69, 9.17) is 4.74 Å². The number of nitrogens with one attached hydrogen (secondary N) is 3. The van der Waals surface area contributed by atoms with E-state index in [2.05, 4.69) is 10.6 Å². The van der Waals surface area contributed by atoms with Crippen molar-refractivity contribution in [1.29, 1.82) is 0 Å². The zero-order valence-electron chi connectivity index (χ0n) is 16.9. The second kappa shape index (κ2) is 8.87. The molecule has 1 aliphatic heterocycles. The summed E-state index contributed by atoms with van der Waals surface area (Å²) in [6, 6.07) is 12.3. The largest absolute Gasteiger partial charge is 0.465 e. The minimum atomic E-state index is -0.593. The molecule has 1 unspecified atom stereocenters. The molecule has 1 aliphatic rings. The summed E-state index contributed by atoms with van der Waals surface area (Å²) in [6.45, 7) is 4.45. The highest BCUT2D eigenvalue weighted by Crippen LogP contribution is 2.15. The molecule has 0 bridgehead atoms. The number of imide groups is 1. The van der Waals surface area contributed by atoms with Crippen LogP contribution in [0.25, 0.3) is 0 Å². The van der Waals surface area contributed by atoms with Gasteiger partial charge in [0.2, 0.25) is 0 Å². The molecule has 1 heterocycles. The second-order valence-electron chi connectivity index (χ2n) is 7.36. The first-order valence-corrected chi connectivity index (χ1v) is 9.54. The van der Waals surface area contributed by atoms with Crippen LogP contribution < -0.4 is 15.5 Å². The molecule has 152 valence electrons. The average molecular weight is 396 g/mol. The lowest BCUT2D eigenvalue weighted by atomic mass is 9.94. The van der Waals surface area contributed by atoms with E-state index < -0.39 is 18.0 Å². The van der Waals surface area contributed by atoms with E-state index in [0.29, 0.717) is 18.7 Å². The van der Waals surface area contributed by atoms with Gasteiger partial charge >= 0.3 is 12.0 Å². The number of ether oxygens (including phenoxy) is 1. The minimum absolute atomic E-state index is 0.00551. The Morgan fingerprint density at radius 2 is 1.79 bits per heavy atom. The van der Waals surface area contributed by atoms with Gasteiger partial charge in [0.1, 0.15) is 6.54 Å². The van der Waals surface area contributed by atoms with Crippen LogP contribution in [0.15, 0.2) is 42.5 Å². The number of fused-ring (bicyclic) bond motifs is 1. The standard InChI is InChI=1S/C22H25N3O4/c1-14-8-9-18(10-15(14)2)23-22(28)24-20(26)13-25-12-17-7-5-4-6-16(17)11-19(25)21(27)29-3/h4-10,19H,11-13H2,1-3H3,(H2,23,24,26,28)/p+1/t19-/m0/s1. The predicted octanol–water partition coefficient (Wildman–Crippen LogP) is 1.13.